The predicted molar refractivity (Wildman–Crippen MR) is 75.1 cm³/mol. The Balaban J connectivity index is 2.21. The zero-order valence-corrected chi connectivity index (χ0v) is 10.7. The lowest BCUT2D eigenvalue weighted by atomic mass is 10.2. The lowest BCUT2D eigenvalue weighted by Gasteiger charge is -2.02. The van der Waals surface area contributed by atoms with E-state index in [4.69, 9.17) is 5.73 Å². The molecule has 1 aromatic carbocycles. The SMILES string of the molecule is Cc1ccsc1C(=O)n1cc(N)c2ccccc21. The highest BCUT2D eigenvalue weighted by atomic mass is 32.1. The Morgan fingerprint density at radius 1 is 1.28 bits per heavy atom. The average molecular weight is 256 g/mol. The van der Waals surface area contributed by atoms with Gasteiger partial charge >= 0.3 is 0 Å². The molecule has 2 N–H and O–H groups in total. The fourth-order valence-electron chi connectivity index (χ4n) is 2.08. The van der Waals surface area contributed by atoms with Crippen LogP contribution in [0.15, 0.2) is 41.9 Å². The first-order valence-corrected chi connectivity index (χ1v) is 6.51. The van der Waals surface area contributed by atoms with E-state index in [-0.39, 0.29) is 5.91 Å². The summed E-state index contributed by atoms with van der Waals surface area (Å²) in [7, 11) is 0. The van der Waals surface area contributed by atoms with Gasteiger partial charge in [-0.05, 0) is 30.0 Å². The van der Waals surface area contributed by atoms with E-state index in [2.05, 4.69) is 0 Å². The van der Waals surface area contributed by atoms with Gasteiger partial charge < -0.3 is 5.73 Å². The normalized spacial score (nSPS) is 10.9. The van der Waals surface area contributed by atoms with Gasteiger partial charge in [0, 0.05) is 11.6 Å². The number of fused-ring (bicyclic) bond motifs is 1. The van der Waals surface area contributed by atoms with Gasteiger partial charge in [0.15, 0.2) is 0 Å². The summed E-state index contributed by atoms with van der Waals surface area (Å²) in [5.74, 6) is -0.0181. The van der Waals surface area contributed by atoms with Crippen molar-refractivity contribution < 1.29 is 4.79 Å². The van der Waals surface area contributed by atoms with Crippen molar-refractivity contribution in [3.8, 4) is 0 Å². The maximum absolute atomic E-state index is 12.5. The van der Waals surface area contributed by atoms with Gasteiger partial charge in [-0.15, -0.1) is 11.3 Å². The number of aryl methyl sites for hydroxylation is 1. The molecule has 3 rings (SSSR count). The van der Waals surface area contributed by atoms with Crippen LogP contribution in [-0.2, 0) is 0 Å². The van der Waals surface area contributed by atoms with Crippen LogP contribution in [0.5, 0.6) is 0 Å². The van der Waals surface area contributed by atoms with E-state index < -0.39 is 0 Å². The van der Waals surface area contributed by atoms with E-state index in [1.807, 2.05) is 42.6 Å². The molecule has 0 saturated carbocycles. The van der Waals surface area contributed by atoms with Crippen LogP contribution in [0.3, 0.4) is 0 Å². The zero-order chi connectivity index (χ0) is 12.7. The maximum atomic E-state index is 12.5. The van der Waals surface area contributed by atoms with E-state index in [0.717, 1.165) is 21.3 Å². The van der Waals surface area contributed by atoms with Crippen molar-refractivity contribution in [1.29, 1.82) is 0 Å². The number of thiophene rings is 1. The van der Waals surface area contributed by atoms with Crippen molar-refractivity contribution in [1.82, 2.24) is 4.57 Å². The highest BCUT2D eigenvalue weighted by Crippen LogP contribution is 2.26. The number of carbonyl (C=O) groups excluding carboxylic acids is 1. The fraction of sp³-hybridized carbons (Fsp3) is 0.0714. The molecule has 0 saturated heterocycles. The summed E-state index contributed by atoms with van der Waals surface area (Å²) in [5, 5.41) is 2.84. The van der Waals surface area contributed by atoms with Crippen molar-refractivity contribution >= 4 is 33.8 Å². The summed E-state index contributed by atoms with van der Waals surface area (Å²) in [4.78, 5) is 13.2. The summed E-state index contributed by atoms with van der Waals surface area (Å²) in [5.41, 5.74) is 8.42. The molecule has 0 fully saturated rings. The van der Waals surface area contributed by atoms with Crippen LogP contribution in [0.25, 0.3) is 10.9 Å². The van der Waals surface area contributed by atoms with Gasteiger partial charge in [-0.25, -0.2) is 0 Å². The number of benzene rings is 1. The van der Waals surface area contributed by atoms with Crippen molar-refractivity contribution in [3.63, 3.8) is 0 Å². The Morgan fingerprint density at radius 2 is 2.06 bits per heavy atom. The number of nitrogens with zero attached hydrogens (tertiary/aromatic N) is 1. The Kier molecular flexibility index (Phi) is 2.45. The van der Waals surface area contributed by atoms with Crippen LogP contribution in [-0.4, -0.2) is 10.5 Å². The van der Waals surface area contributed by atoms with Crippen LogP contribution >= 0.6 is 11.3 Å². The molecule has 0 spiro atoms. The quantitative estimate of drug-likeness (QED) is 0.726. The molecule has 90 valence electrons. The smallest absolute Gasteiger partial charge is 0.272 e. The molecule has 3 nitrogen and oxygen atoms in total. The average Bonchev–Trinajstić information content (AvgIpc) is 2.94. The summed E-state index contributed by atoms with van der Waals surface area (Å²) >= 11 is 1.46. The van der Waals surface area contributed by atoms with Gasteiger partial charge in [-0.1, -0.05) is 18.2 Å². The third-order valence-corrected chi connectivity index (χ3v) is 4.02. The van der Waals surface area contributed by atoms with E-state index in [1.165, 1.54) is 11.3 Å². The van der Waals surface area contributed by atoms with Gasteiger partial charge in [0.25, 0.3) is 5.91 Å². The molecule has 18 heavy (non-hydrogen) atoms. The van der Waals surface area contributed by atoms with E-state index >= 15 is 0 Å². The molecule has 3 aromatic rings. The van der Waals surface area contributed by atoms with Gasteiger partial charge in [-0.2, -0.15) is 0 Å². The van der Waals surface area contributed by atoms with E-state index in [9.17, 15) is 4.79 Å². The highest BCUT2D eigenvalue weighted by molar-refractivity contribution is 7.12. The molecular weight excluding hydrogens is 244 g/mol. The molecule has 0 aliphatic heterocycles. The summed E-state index contributed by atoms with van der Waals surface area (Å²) in [6, 6.07) is 9.62. The number of nitrogens with two attached hydrogens (primary N) is 1. The Labute approximate surface area is 108 Å². The molecule has 2 heterocycles. The maximum Gasteiger partial charge on any atom is 0.272 e. The van der Waals surface area contributed by atoms with Gasteiger partial charge in [0.05, 0.1) is 16.1 Å². The van der Waals surface area contributed by atoms with Crippen LogP contribution < -0.4 is 5.73 Å². The standard InChI is InChI=1S/C14H12N2OS/c1-9-6-7-18-13(9)14(17)16-8-11(15)10-4-2-3-5-12(10)16/h2-8H,15H2,1H3. The Morgan fingerprint density at radius 3 is 2.78 bits per heavy atom. The lowest BCUT2D eigenvalue weighted by molar-refractivity contribution is 0.0968. The molecule has 2 aromatic heterocycles. The second kappa shape index (κ2) is 3.99. The molecule has 0 atom stereocenters. The third-order valence-electron chi connectivity index (χ3n) is 3.02. The topological polar surface area (TPSA) is 48.0 Å². The Hall–Kier alpha value is -2.07. The summed E-state index contributed by atoms with van der Waals surface area (Å²) in [6.45, 7) is 1.94. The molecule has 0 bridgehead atoms. The number of hydrogen-bond donors (Lipinski definition) is 1. The molecule has 4 heteroatoms. The largest absolute Gasteiger partial charge is 0.397 e. The van der Waals surface area contributed by atoms with E-state index in [1.54, 1.807) is 10.8 Å². The van der Waals surface area contributed by atoms with Crippen molar-refractivity contribution in [3.05, 3.63) is 52.3 Å². The number of para-hydroxylation sites is 1. The first-order valence-electron chi connectivity index (χ1n) is 5.63. The van der Waals surface area contributed by atoms with Gasteiger partial charge in [0.1, 0.15) is 0 Å². The molecule has 0 radical (unpaired) electrons. The predicted octanol–water partition coefficient (Wildman–Crippen LogP) is 3.28. The lowest BCUT2D eigenvalue weighted by Crippen LogP contribution is -2.10. The first-order chi connectivity index (χ1) is 8.68. The Bertz CT molecular complexity index is 739. The number of nitrogen functional groups attached to an aromatic ring is 1. The second-order valence-corrected chi connectivity index (χ2v) is 5.13. The minimum atomic E-state index is -0.0181. The number of anilines is 1. The van der Waals surface area contributed by atoms with Crippen LogP contribution in [0.2, 0.25) is 0 Å². The minimum Gasteiger partial charge on any atom is -0.397 e. The minimum absolute atomic E-state index is 0.0181. The van der Waals surface area contributed by atoms with Gasteiger partial charge in [0.2, 0.25) is 0 Å². The third kappa shape index (κ3) is 1.54. The first kappa shape index (κ1) is 11.0. The highest BCUT2D eigenvalue weighted by Gasteiger charge is 2.16. The van der Waals surface area contributed by atoms with Crippen molar-refractivity contribution in [2.75, 3.05) is 5.73 Å². The zero-order valence-electron chi connectivity index (χ0n) is 9.88. The van der Waals surface area contributed by atoms with Crippen LogP contribution in [0.4, 0.5) is 5.69 Å². The molecule has 0 amide bonds. The second-order valence-electron chi connectivity index (χ2n) is 4.21. The monoisotopic (exact) mass is 256 g/mol. The van der Waals surface area contributed by atoms with E-state index in [0.29, 0.717) is 5.69 Å². The number of hydrogen-bond acceptors (Lipinski definition) is 3. The number of carbonyl (C=O) groups is 1. The summed E-state index contributed by atoms with van der Waals surface area (Å²) < 4.78 is 1.63. The number of aromatic nitrogens is 1. The van der Waals surface area contributed by atoms with Crippen molar-refractivity contribution in [2.24, 2.45) is 0 Å². The molecular formula is C14H12N2OS. The fourth-order valence-corrected chi connectivity index (χ4v) is 2.94. The number of rotatable bonds is 1. The molecule has 0 unspecified atom stereocenters. The summed E-state index contributed by atoms with van der Waals surface area (Å²) in [6.07, 6.45) is 1.70. The molecule has 0 aliphatic carbocycles. The van der Waals surface area contributed by atoms with Crippen molar-refractivity contribution in [2.45, 2.75) is 6.92 Å². The van der Waals surface area contributed by atoms with Crippen LogP contribution in [0.1, 0.15) is 15.2 Å². The molecule has 0 aliphatic rings. The van der Waals surface area contributed by atoms with Crippen LogP contribution in [0, 0.1) is 6.92 Å². The van der Waals surface area contributed by atoms with Gasteiger partial charge in [-0.3, -0.25) is 9.36 Å².